The Balaban J connectivity index is 2.55. The zero-order valence-corrected chi connectivity index (χ0v) is 9.84. The fourth-order valence-corrected chi connectivity index (χ4v) is 2.10. The second-order valence-electron chi connectivity index (χ2n) is 4.68. The third-order valence-corrected chi connectivity index (χ3v) is 3.35. The van der Waals surface area contributed by atoms with Gasteiger partial charge in [0.2, 0.25) is 0 Å². The summed E-state index contributed by atoms with van der Waals surface area (Å²) < 4.78 is 0. The Hall–Kier alpha value is -0.720. The second kappa shape index (κ2) is 4.68. The summed E-state index contributed by atoms with van der Waals surface area (Å²) in [4.78, 5) is 2.20. The number of hydrogen-bond acceptors (Lipinski definition) is 1. The predicted molar refractivity (Wildman–Crippen MR) is 62.8 cm³/mol. The van der Waals surface area contributed by atoms with Crippen LogP contribution in [0.3, 0.4) is 0 Å². The van der Waals surface area contributed by atoms with Gasteiger partial charge in [-0.1, -0.05) is 39.8 Å². The van der Waals surface area contributed by atoms with Gasteiger partial charge < -0.3 is 4.90 Å². The van der Waals surface area contributed by atoms with Crippen LogP contribution in [0.5, 0.6) is 0 Å². The number of hydrogen-bond donors (Lipinski definition) is 0. The van der Waals surface area contributed by atoms with Crippen molar-refractivity contribution in [3.05, 3.63) is 24.6 Å². The van der Waals surface area contributed by atoms with Crippen LogP contribution in [-0.2, 0) is 0 Å². The minimum Gasteiger partial charge on any atom is -0.352 e. The molecule has 0 aromatic heterocycles. The summed E-state index contributed by atoms with van der Waals surface area (Å²) in [6.07, 6.45) is 5.36. The Morgan fingerprint density at radius 1 is 1.21 bits per heavy atom. The third kappa shape index (κ3) is 2.40. The summed E-state index contributed by atoms with van der Waals surface area (Å²) in [5.41, 5.74) is 2.45. The van der Waals surface area contributed by atoms with Gasteiger partial charge in [-0.2, -0.15) is 0 Å². The molecule has 1 rings (SSSR count). The van der Waals surface area contributed by atoms with Gasteiger partial charge in [0, 0.05) is 18.4 Å². The van der Waals surface area contributed by atoms with Crippen molar-refractivity contribution < 1.29 is 0 Å². The van der Waals surface area contributed by atoms with Gasteiger partial charge in [-0.05, 0) is 24.7 Å². The first kappa shape index (κ1) is 11.4. The van der Waals surface area contributed by atoms with Gasteiger partial charge in [-0.25, -0.2) is 0 Å². The lowest BCUT2D eigenvalue weighted by atomic mass is 10.0. The first-order valence-corrected chi connectivity index (χ1v) is 5.65. The van der Waals surface area contributed by atoms with Gasteiger partial charge in [-0.3, -0.25) is 0 Å². The standard InChI is InChI=1S/C13H23N/c1-10(2)11(3)14(5)12(4)13-8-6-7-9-13/h10,13H,3-4,6-9H2,1-2,5H3. The first-order chi connectivity index (χ1) is 6.54. The van der Waals surface area contributed by atoms with Crippen molar-refractivity contribution in [2.75, 3.05) is 7.05 Å². The van der Waals surface area contributed by atoms with Crippen molar-refractivity contribution in [3.63, 3.8) is 0 Å². The molecular formula is C13H23N. The van der Waals surface area contributed by atoms with Crippen LogP contribution in [0.25, 0.3) is 0 Å². The first-order valence-electron chi connectivity index (χ1n) is 5.65. The fourth-order valence-electron chi connectivity index (χ4n) is 2.10. The topological polar surface area (TPSA) is 3.24 Å². The van der Waals surface area contributed by atoms with Crippen LogP contribution in [-0.4, -0.2) is 11.9 Å². The van der Waals surface area contributed by atoms with E-state index in [1.165, 1.54) is 37.1 Å². The van der Waals surface area contributed by atoms with Gasteiger partial charge in [0.25, 0.3) is 0 Å². The van der Waals surface area contributed by atoms with Crippen molar-refractivity contribution >= 4 is 0 Å². The lowest BCUT2D eigenvalue weighted by Gasteiger charge is -2.29. The maximum atomic E-state index is 4.21. The smallest absolute Gasteiger partial charge is 0.0132 e. The molecule has 14 heavy (non-hydrogen) atoms. The highest BCUT2D eigenvalue weighted by Gasteiger charge is 2.21. The minimum atomic E-state index is 0.512. The summed E-state index contributed by atoms with van der Waals surface area (Å²) in [6.45, 7) is 12.7. The van der Waals surface area contributed by atoms with Crippen LogP contribution in [0.15, 0.2) is 24.6 Å². The molecule has 1 heteroatoms. The zero-order chi connectivity index (χ0) is 10.7. The molecule has 1 nitrogen and oxygen atoms in total. The van der Waals surface area contributed by atoms with E-state index in [4.69, 9.17) is 0 Å². The molecule has 0 atom stereocenters. The summed E-state index contributed by atoms with van der Waals surface area (Å²) >= 11 is 0. The maximum Gasteiger partial charge on any atom is 0.0132 e. The zero-order valence-electron chi connectivity index (χ0n) is 9.84. The van der Waals surface area contributed by atoms with Crippen LogP contribution in [0.1, 0.15) is 39.5 Å². The van der Waals surface area contributed by atoms with Crippen LogP contribution in [0, 0.1) is 11.8 Å². The van der Waals surface area contributed by atoms with E-state index in [2.05, 4.69) is 39.0 Å². The van der Waals surface area contributed by atoms with Crippen LogP contribution in [0.2, 0.25) is 0 Å². The molecule has 0 aromatic rings. The second-order valence-corrected chi connectivity index (χ2v) is 4.68. The molecule has 0 unspecified atom stereocenters. The molecule has 0 aromatic carbocycles. The molecule has 0 bridgehead atoms. The molecule has 80 valence electrons. The monoisotopic (exact) mass is 193 g/mol. The van der Waals surface area contributed by atoms with Gasteiger partial charge in [0.15, 0.2) is 0 Å². The molecule has 0 spiro atoms. The Morgan fingerprint density at radius 2 is 1.71 bits per heavy atom. The Morgan fingerprint density at radius 3 is 2.14 bits per heavy atom. The van der Waals surface area contributed by atoms with Crippen molar-refractivity contribution in [3.8, 4) is 0 Å². The third-order valence-electron chi connectivity index (χ3n) is 3.35. The van der Waals surface area contributed by atoms with Crippen LogP contribution < -0.4 is 0 Å². The van der Waals surface area contributed by atoms with E-state index in [-0.39, 0.29) is 0 Å². The van der Waals surface area contributed by atoms with E-state index in [1.807, 2.05) is 0 Å². The number of allylic oxidation sites excluding steroid dienone is 2. The molecule has 0 amide bonds. The van der Waals surface area contributed by atoms with Gasteiger partial charge in [0.05, 0.1) is 0 Å². The molecule has 0 heterocycles. The molecule has 1 saturated carbocycles. The Labute approximate surface area is 88.5 Å². The van der Waals surface area contributed by atoms with E-state index in [1.54, 1.807) is 0 Å². The Kier molecular flexibility index (Phi) is 3.79. The van der Waals surface area contributed by atoms with Gasteiger partial charge in [-0.15, -0.1) is 0 Å². The Bertz CT molecular complexity index is 221. The van der Waals surface area contributed by atoms with Crippen molar-refractivity contribution in [2.45, 2.75) is 39.5 Å². The minimum absolute atomic E-state index is 0.512. The molecular weight excluding hydrogens is 170 g/mol. The molecule has 0 N–H and O–H groups in total. The summed E-state index contributed by atoms with van der Waals surface area (Å²) in [6, 6.07) is 0. The van der Waals surface area contributed by atoms with Gasteiger partial charge >= 0.3 is 0 Å². The average molecular weight is 193 g/mol. The maximum absolute atomic E-state index is 4.21. The average Bonchev–Trinajstić information content (AvgIpc) is 2.67. The van der Waals surface area contributed by atoms with Crippen LogP contribution in [0.4, 0.5) is 0 Å². The highest BCUT2D eigenvalue weighted by atomic mass is 15.1. The largest absolute Gasteiger partial charge is 0.352 e. The lowest BCUT2D eigenvalue weighted by molar-refractivity contribution is 0.394. The lowest BCUT2D eigenvalue weighted by Crippen LogP contribution is -2.23. The molecule has 1 aliphatic rings. The number of nitrogens with zero attached hydrogens (tertiary/aromatic N) is 1. The van der Waals surface area contributed by atoms with Crippen molar-refractivity contribution in [1.29, 1.82) is 0 Å². The summed E-state index contributed by atoms with van der Waals surface area (Å²) in [5, 5.41) is 0. The molecule has 1 aliphatic carbocycles. The molecule has 0 radical (unpaired) electrons. The SMILES string of the molecule is C=C(C(C)C)N(C)C(=C)C1CCCC1. The quantitative estimate of drug-likeness (QED) is 0.656. The summed E-state index contributed by atoms with van der Waals surface area (Å²) in [7, 11) is 2.10. The molecule has 0 aliphatic heterocycles. The van der Waals surface area contributed by atoms with E-state index < -0.39 is 0 Å². The predicted octanol–water partition coefficient (Wildman–Crippen LogP) is 3.79. The van der Waals surface area contributed by atoms with E-state index in [0.29, 0.717) is 11.8 Å². The molecule has 1 fully saturated rings. The highest BCUT2D eigenvalue weighted by molar-refractivity contribution is 5.11. The normalized spacial score (nSPS) is 17.4. The van der Waals surface area contributed by atoms with E-state index in [0.717, 1.165) is 0 Å². The summed E-state index contributed by atoms with van der Waals surface area (Å²) in [5.74, 6) is 1.22. The molecule has 0 saturated heterocycles. The fraction of sp³-hybridized carbons (Fsp3) is 0.692. The number of rotatable bonds is 4. The van der Waals surface area contributed by atoms with E-state index >= 15 is 0 Å². The van der Waals surface area contributed by atoms with E-state index in [9.17, 15) is 0 Å². The van der Waals surface area contributed by atoms with Crippen molar-refractivity contribution in [2.24, 2.45) is 11.8 Å². The van der Waals surface area contributed by atoms with Crippen molar-refractivity contribution in [1.82, 2.24) is 4.90 Å². The van der Waals surface area contributed by atoms with Gasteiger partial charge in [0.1, 0.15) is 0 Å². The highest BCUT2D eigenvalue weighted by Crippen LogP contribution is 2.33. The van der Waals surface area contributed by atoms with Crippen LogP contribution >= 0.6 is 0 Å².